The third-order valence-corrected chi connectivity index (χ3v) is 6.24. The number of piperidine rings is 1. The number of amidine groups is 1. The summed E-state index contributed by atoms with van der Waals surface area (Å²) >= 11 is 0. The molecular formula is C23H31N5O2. The zero-order valence-electron chi connectivity index (χ0n) is 17.7. The van der Waals surface area contributed by atoms with Gasteiger partial charge in [0.1, 0.15) is 11.7 Å². The molecule has 1 unspecified atom stereocenters. The highest BCUT2D eigenvalue weighted by Gasteiger charge is 2.30. The number of aliphatic hydroxyl groups is 1. The molecule has 2 fully saturated rings. The maximum atomic E-state index is 11.6. The standard InChI is InChI=1S/C23H31N5O2/c1-14-6-7-19-16(12-14)13-18(22(24)25-15(2)29)23(27-19)28-10-8-17(9-11-28)26-20-4-3-5-21(20)30/h6-7,12-13,17,20-21,26,30H,3-5,8-11H2,1-2H3,(H2,24,25,29)/t20?,21-/m0/s1. The van der Waals surface area contributed by atoms with Crippen LogP contribution in [0.25, 0.3) is 10.9 Å². The number of nitrogens with zero attached hydrogens (tertiary/aromatic N) is 2. The first-order valence-corrected chi connectivity index (χ1v) is 10.9. The molecule has 1 saturated carbocycles. The van der Waals surface area contributed by atoms with Gasteiger partial charge in [0.15, 0.2) is 0 Å². The number of amides is 1. The van der Waals surface area contributed by atoms with Crippen molar-refractivity contribution in [3.63, 3.8) is 0 Å². The van der Waals surface area contributed by atoms with Gasteiger partial charge in [0.2, 0.25) is 5.91 Å². The van der Waals surface area contributed by atoms with E-state index >= 15 is 0 Å². The van der Waals surface area contributed by atoms with Gasteiger partial charge in [0.25, 0.3) is 0 Å². The minimum atomic E-state index is -0.256. The van der Waals surface area contributed by atoms with Gasteiger partial charge in [-0.25, -0.2) is 4.98 Å². The zero-order chi connectivity index (χ0) is 21.3. The molecule has 1 amide bonds. The molecule has 30 heavy (non-hydrogen) atoms. The normalized spacial score (nSPS) is 22.4. The molecule has 1 saturated heterocycles. The molecule has 4 rings (SSSR count). The number of aromatic nitrogens is 1. The molecule has 1 aromatic heterocycles. The monoisotopic (exact) mass is 409 g/mol. The Morgan fingerprint density at radius 1 is 1.20 bits per heavy atom. The van der Waals surface area contributed by atoms with Crippen LogP contribution in [0.4, 0.5) is 5.82 Å². The largest absolute Gasteiger partial charge is 0.392 e. The predicted molar refractivity (Wildman–Crippen MR) is 119 cm³/mol. The molecule has 1 aliphatic carbocycles. The lowest BCUT2D eigenvalue weighted by Gasteiger charge is -2.36. The van der Waals surface area contributed by atoms with E-state index in [2.05, 4.69) is 21.6 Å². The number of carbonyl (C=O) groups is 1. The summed E-state index contributed by atoms with van der Waals surface area (Å²) in [4.78, 5) is 18.7. The molecule has 7 heteroatoms. The third-order valence-electron chi connectivity index (χ3n) is 6.24. The van der Waals surface area contributed by atoms with Crippen LogP contribution >= 0.6 is 0 Å². The van der Waals surface area contributed by atoms with Crippen molar-refractivity contribution in [3.8, 4) is 0 Å². The van der Waals surface area contributed by atoms with Crippen molar-refractivity contribution in [1.29, 1.82) is 5.41 Å². The van der Waals surface area contributed by atoms with Crippen molar-refractivity contribution in [3.05, 3.63) is 35.4 Å². The van der Waals surface area contributed by atoms with Crippen LogP contribution in [0, 0.1) is 12.3 Å². The van der Waals surface area contributed by atoms with Crippen LogP contribution in [0.3, 0.4) is 0 Å². The minimum Gasteiger partial charge on any atom is -0.392 e. The Hall–Kier alpha value is -2.51. The number of rotatable bonds is 4. The number of aryl methyl sites for hydroxylation is 1. The van der Waals surface area contributed by atoms with Crippen molar-refractivity contribution in [2.75, 3.05) is 18.0 Å². The Balaban J connectivity index is 1.55. The fraction of sp³-hybridized carbons (Fsp3) is 0.522. The number of nitrogens with one attached hydrogen (secondary N) is 3. The minimum absolute atomic E-state index is 0.0859. The van der Waals surface area contributed by atoms with Gasteiger partial charge in [-0.15, -0.1) is 0 Å². The van der Waals surface area contributed by atoms with E-state index in [1.165, 1.54) is 6.92 Å². The molecule has 0 radical (unpaired) electrons. The molecule has 0 spiro atoms. The quantitative estimate of drug-likeness (QED) is 0.459. The topological polar surface area (TPSA) is 101 Å². The van der Waals surface area contributed by atoms with E-state index in [9.17, 15) is 9.90 Å². The first-order valence-electron chi connectivity index (χ1n) is 10.9. The van der Waals surface area contributed by atoms with Gasteiger partial charge in [-0.2, -0.15) is 0 Å². The second-order valence-corrected chi connectivity index (χ2v) is 8.64. The smallest absolute Gasteiger partial charge is 0.222 e. The van der Waals surface area contributed by atoms with E-state index in [0.29, 0.717) is 11.6 Å². The van der Waals surface area contributed by atoms with Crippen molar-refractivity contribution in [2.24, 2.45) is 0 Å². The number of benzene rings is 1. The molecule has 7 nitrogen and oxygen atoms in total. The van der Waals surface area contributed by atoms with E-state index in [1.54, 1.807) is 0 Å². The van der Waals surface area contributed by atoms with E-state index in [1.807, 2.05) is 25.1 Å². The van der Waals surface area contributed by atoms with Crippen LogP contribution in [0.2, 0.25) is 0 Å². The lowest BCUT2D eigenvalue weighted by molar-refractivity contribution is -0.117. The summed E-state index contributed by atoms with van der Waals surface area (Å²) in [5, 5.41) is 25.7. The summed E-state index contributed by atoms with van der Waals surface area (Å²) in [6, 6.07) is 8.67. The summed E-state index contributed by atoms with van der Waals surface area (Å²) in [5.74, 6) is 0.584. The Morgan fingerprint density at radius 3 is 2.63 bits per heavy atom. The van der Waals surface area contributed by atoms with Gasteiger partial charge in [-0.3, -0.25) is 10.2 Å². The molecule has 1 aromatic carbocycles. The van der Waals surface area contributed by atoms with Gasteiger partial charge in [-0.05, 0) is 57.2 Å². The van der Waals surface area contributed by atoms with Gasteiger partial charge in [0.05, 0.1) is 17.2 Å². The van der Waals surface area contributed by atoms with Gasteiger partial charge < -0.3 is 20.6 Å². The van der Waals surface area contributed by atoms with Gasteiger partial charge >= 0.3 is 0 Å². The number of fused-ring (bicyclic) bond motifs is 1. The average Bonchev–Trinajstić information content (AvgIpc) is 3.11. The van der Waals surface area contributed by atoms with Crippen LogP contribution in [0.5, 0.6) is 0 Å². The molecule has 1 aliphatic heterocycles. The van der Waals surface area contributed by atoms with Gasteiger partial charge in [0, 0.05) is 37.5 Å². The van der Waals surface area contributed by atoms with Crippen molar-refractivity contribution >= 4 is 28.5 Å². The number of aliphatic hydroxyl groups excluding tert-OH is 1. The van der Waals surface area contributed by atoms with Crippen LogP contribution in [-0.4, -0.2) is 53.1 Å². The number of hydrogen-bond donors (Lipinski definition) is 4. The second kappa shape index (κ2) is 8.70. The molecular weight excluding hydrogens is 378 g/mol. The summed E-state index contributed by atoms with van der Waals surface area (Å²) in [7, 11) is 0. The van der Waals surface area contributed by atoms with Crippen molar-refractivity contribution in [2.45, 2.75) is 64.1 Å². The third kappa shape index (κ3) is 4.47. The summed E-state index contributed by atoms with van der Waals surface area (Å²) < 4.78 is 0. The Morgan fingerprint density at radius 2 is 1.97 bits per heavy atom. The highest BCUT2D eigenvalue weighted by molar-refractivity contribution is 6.10. The highest BCUT2D eigenvalue weighted by Crippen LogP contribution is 2.28. The van der Waals surface area contributed by atoms with Crippen molar-refractivity contribution < 1.29 is 9.90 Å². The maximum Gasteiger partial charge on any atom is 0.222 e. The molecule has 2 heterocycles. The predicted octanol–water partition coefficient (Wildman–Crippen LogP) is 2.48. The number of anilines is 1. The van der Waals surface area contributed by atoms with E-state index in [-0.39, 0.29) is 23.9 Å². The summed E-state index contributed by atoms with van der Waals surface area (Å²) in [5.41, 5.74) is 2.68. The fourth-order valence-electron chi connectivity index (χ4n) is 4.65. The number of hydrogen-bond acceptors (Lipinski definition) is 6. The zero-order valence-corrected chi connectivity index (χ0v) is 17.7. The molecule has 160 valence electrons. The molecule has 4 N–H and O–H groups in total. The fourth-order valence-corrected chi connectivity index (χ4v) is 4.65. The molecule has 2 aromatic rings. The number of pyridine rings is 1. The highest BCUT2D eigenvalue weighted by atomic mass is 16.3. The summed E-state index contributed by atoms with van der Waals surface area (Å²) in [6.07, 6.45) is 4.73. The second-order valence-electron chi connectivity index (χ2n) is 8.64. The van der Waals surface area contributed by atoms with Crippen molar-refractivity contribution in [1.82, 2.24) is 15.6 Å². The molecule has 0 bridgehead atoms. The maximum absolute atomic E-state index is 11.6. The lowest BCUT2D eigenvalue weighted by Crippen LogP contribution is -2.48. The van der Waals surface area contributed by atoms with Crippen LogP contribution in [0.15, 0.2) is 24.3 Å². The average molecular weight is 410 g/mol. The molecule has 2 atom stereocenters. The van der Waals surface area contributed by atoms with E-state index < -0.39 is 0 Å². The van der Waals surface area contributed by atoms with Crippen LogP contribution in [0.1, 0.15) is 50.2 Å². The Kier molecular flexibility index (Phi) is 6.01. The van der Waals surface area contributed by atoms with E-state index in [0.717, 1.165) is 67.5 Å². The van der Waals surface area contributed by atoms with Gasteiger partial charge in [-0.1, -0.05) is 11.6 Å². The lowest BCUT2D eigenvalue weighted by atomic mass is 10.0. The first kappa shape index (κ1) is 20.8. The number of carbonyl (C=O) groups excluding carboxylic acids is 1. The SMILES string of the molecule is CC(=O)NC(=N)c1cc2cc(C)ccc2nc1N1CCC(NC2CCC[C@@H]2O)CC1. The Labute approximate surface area is 177 Å². The first-order chi connectivity index (χ1) is 14.4. The van der Waals surface area contributed by atoms with E-state index in [4.69, 9.17) is 10.4 Å². The molecule has 2 aliphatic rings. The Bertz CT molecular complexity index is 952. The summed E-state index contributed by atoms with van der Waals surface area (Å²) in [6.45, 7) is 5.10. The van der Waals surface area contributed by atoms with Crippen LogP contribution in [-0.2, 0) is 4.79 Å². The van der Waals surface area contributed by atoms with Crippen LogP contribution < -0.4 is 15.5 Å².